The van der Waals surface area contributed by atoms with Gasteiger partial charge in [0.2, 0.25) is 0 Å². The summed E-state index contributed by atoms with van der Waals surface area (Å²) in [6.07, 6.45) is 3.30. The van der Waals surface area contributed by atoms with Crippen molar-refractivity contribution in [3.63, 3.8) is 0 Å². The standard InChI is InChI=1S/C28H36N4O2/c1-19-13-23(14-20(2)26(19)32-11-9-31(6)10-12-32)24-15-25-22(16-29-27(25)30-17-24)7-8-28(4,5)34-18-21(3)33/h13-17,21,33H,9-12,18H2,1-6H3,(H,29,30). The number of fused-ring (bicyclic) bond motifs is 1. The van der Waals surface area contributed by atoms with Crippen molar-refractivity contribution in [1.82, 2.24) is 14.9 Å². The first-order valence-corrected chi connectivity index (χ1v) is 12.0. The Morgan fingerprint density at radius 1 is 1.12 bits per heavy atom. The van der Waals surface area contributed by atoms with Crippen molar-refractivity contribution in [2.75, 3.05) is 44.7 Å². The van der Waals surface area contributed by atoms with Crippen LogP contribution in [0.3, 0.4) is 0 Å². The first-order chi connectivity index (χ1) is 16.1. The molecule has 2 aromatic heterocycles. The Morgan fingerprint density at radius 3 is 2.44 bits per heavy atom. The summed E-state index contributed by atoms with van der Waals surface area (Å²) in [4.78, 5) is 12.8. The van der Waals surface area contributed by atoms with E-state index in [1.807, 2.05) is 26.2 Å². The number of hydrogen-bond donors (Lipinski definition) is 2. The quantitative estimate of drug-likeness (QED) is 0.561. The van der Waals surface area contributed by atoms with Gasteiger partial charge in [-0.1, -0.05) is 11.8 Å². The van der Waals surface area contributed by atoms with Gasteiger partial charge in [-0.25, -0.2) is 4.98 Å². The van der Waals surface area contributed by atoms with Gasteiger partial charge in [0, 0.05) is 55.2 Å². The lowest BCUT2D eigenvalue weighted by atomic mass is 9.98. The summed E-state index contributed by atoms with van der Waals surface area (Å²) in [5.41, 5.74) is 7.26. The van der Waals surface area contributed by atoms with Crippen molar-refractivity contribution >= 4 is 16.7 Å². The highest BCUT2D eigenvalue weighted by molar-refractivity contribution is 5.87. The summed E-state index contributed by atoms with van der Waals surface area (Å²) in [5.74, 6) is 6.44. The number of aliphatic hydroxyl groups excluding tert-OH is 1. The smallest absolute Gasteiger partial charge is 0.138 e. The molecule has 0 saturated carbocycles. The van der Waals surface area contributed by atoms with Crippen LogP contribution in [0.4, 0.5) is 5.69 Å². The molecule has 1 unspecified atom stereocenters. The van der Waals surface area contributed by atoms with Crippen LogP contribution in [0.25, 0.3) is 22.2 Å². The number of piperazine rings is 1. The van der Waals surface area contributed by atoms with E-state index < -0.39 is 11.7 Å². The maximum absolute atomic E-state index is 9.50. The first kappa shape index (κ1) is 24.3. The number of pyridine rings is 1. The topological polar surface area (TPSA) is 64.6 Å². The number of aromatic amines is 1. The number of aliphatic hydroxyl groups is 1. The van der Waals surface area contributed by atoms with E-state index in [-0.39, 0.29) is 6.61 Å². The fraction of sp³-hybridized carbons (Fsp3) is 0.464. The normalized spacial score (nSPS) is 15.9. The molecule has 6 nitrogen and oxygen atoms in total. The van der Waals surface area contributed by atoms with E-state index in [4.69, 9.17) is 4.74 Å². The molecule has 0 bridgehead atoms. The predicted octanol–water partition coefficient (Wildman–Crippen LogP) is 4.13. The fourth-order valence-corrected chi connectivity index (χ4v) is 4.50. The van der Waals surface area contributed by atoms with E-state index in [0.717, 1.165) is 48.3 Å². The van der Waals surface area contributed by atoms with Gasteiger partial charge < -0.3 is 24.6 Å². The van der Waals surface area contributed by atoms with Crippen LogP contribution in [0, 0.1) is 25.7 Å². The van der Waals surface area contributed by atoms with E-state index >= 15 is 0 Å². The Balaban J connectivity index is 1.63. The molecule has 1 fully saturated rings. The molecule has 1 aliphatic rings. The van der Waals surface area contributed by atoms with E-state index in [0.29, 0.717) is 0 Å². The summed E-state index contributed by atoms with van der Waals surface area (Å²) < 4.78 is 5.73. The highest BCUT2D eigenvalue weighted by atomic mass is 16.5. The van der Waals surface area contributed by atoms with E-state index in [1.165, 1.54) is 22.4 Å². The van der Waals surface area contributed by atoms with Gasteiger partial charge in [0.1, 0.15) is 11.2 Å². The van der Waals surface area contributed by atoms with Crippen LogP contribution in [0.5, 0.6) is 0 Å². The summed E-state index contributed by atoms with van der Waals surface area (Å²) >= 11 is 0. The third kappa shape index (κ3) is 5.44. The second-order valence-electron chi connectivity index (χ2n) is 9.99. The molecule has 1 aromatic carbocycles. The Bertz CT molecular complexity index is 1200. The van der Waals surface area contributed by atoms with Gasteiger partial charge in [-0.05, 0) is 76.6 Å². The monoisotopic (exact) mass is 460 g/mol. The number of likely N-dealkylation sites (N-methyl/N-ethyl adjacent to an activating group) is 1. The van der Waals surface area contributed by atoms with Crippen LogP contribution >= 0.6 is 0 Å². The Hall–Kier alpha value is -2.85. The largest absolute Gasteiger partial charge is 0.391 e. The lowest BCUT2D eigenvalue weighted by molar-refractivity contribution is -0.0218. The second kappa shape index (κ2) is 9.79. The van der Waals surface area contributed by atoms with Gasteiger partial charge in [-0.3, -0.25) is 0 Å². The molecular formula is C28H36N4O2. The number of ether oxygens (including phenoxy) is 1. The highest BCUT2D eigenvalue weighted by Gasteiger charge is 2.19. The first-order valence-electron chi connectivity index (χ1n) is 12.0. The van der Waals surface area contributed by atoms with Gasteiger partial charge in [0.15, 0.2) is 0 Å². The molecule has 1 atom stereocenters. The number of benzene rings is 1. The number of H-pyrrole nitrogens is 1. The van der Waals surface area contributed by atoms with Gasteiger partial charge in [0.25, 0.3) is 0 Å². The summed E-state index contributed by atoms with van der Waals surface area (Å²) in [6, 6.07) is 6.71. The SMILES string of the molecule is Cc1cc(-c2cnc3[nH]cc(C#CC(C)(C)OCC(C)O)c3c2)cc(C)c1N1CCN(C)CC1. The predicted molar refractivity (Wildman–Crippen MR) is 139 cm³/mol. The average molecular weight is 461 g/mol. The second-order valence-corrected chi connectivity index (χ2v) is 9.99. The molecule has 0 amide bonds. The molecule has 0 radical (unpaired) electrons. The third-order valence-corrected chi connectivity index (χ3v) is 6.36. The van der Waals surface area contributed by atoms with Crippen molar-refractivity contribution in [2.45, 2.75) is 46.3 Å². The van der Waals surface area contributed by atoms with Crippen LogP contribution in [0.15, 0.2) is 30.6 Å². The van der Waals surface area contributed by atoms with Crippen LogP contribution < -0.4 is 4.90 Å². The number of rotatable bonds is 5. The molecule has 0 spiro atoms. The molecular weight excluding hydrogens is 424 g/mol. The highest BCUT2D eigenvalue weighted by Crippen LogP contribution is 2.32. The van der Waals surface area contributed by atoms with Crippen LogP contribution in [0.2, 0.25) is 0 Å². The zero-order chi connectivity index (χ0) is 24.5. The molecule has 1 aliphatic heterocycles. The van der Waals surface area contributed by atoms with Crippen molar-refractivity contribution in [1.29, 1.82) is 0 Å². The average Bonchev–Trinajstić information content (AvgIpc) is 3.19. The zero-order valence-corrected chi connectivity index (χ0v) is 21.2. The number of nitrogens with zero attached hydrogens (tertiary/aromatic N) is 3. The fourth-order valence-electron chi connectivity index (χ4n) is 4.50. The Morgan fingerprint density at radius 2 is 1.79 bits per heavy atom. The molecule has 34 heavy (non-hydrogen) atoms. The molecule has 0 aliphatic carbocycles. The number of anilines is 1. The van der Waals surface area contributed by atoms with Gasteiger partial charge in [-0.2, -0.15) is 0 Å². The maximum Gasteiger partial charge on any atom is 0.138 e. The lowest BCUT2D eigenvalue weighted by Gasteiger charge is -2.36. The van der Waals surface area contributed by atoms with Crippen LogP contribution in [-0.4, -0.2) is 71.5 Å². The van der Waals surface area contributed by atoms with Crippen LogP contribution in [-0.2, 0) is 4.74 Å². The molecule has 3 heterocycles. The molecule has 6 heteroatoms. The Labute approximate surface area is 202 Å². The van der Waals surface area contributed by atoms with Crippen molar-refractivity contribution in [3.8, 4) is 23.0 Å². The molecule has 4 rings (SSSR count). The number of aryl methyl sites for hydroxylation is 2. The van der Waals surface area contributed by atoms with E-state index in [1.54, 1.807) is 6.92 Å². The number of hydrogen-bond acceptors (Lipinski definition) is 5. The number of nitrogens with one attached hydrogen (secondary N) is 1. The minimum atomic E-state index is -0.654. The minimum Gasteiger partial charge on any atom is -0.391 e. The molecule has 180 valence electrons. The van der Waals surface area contributed by atoms with Crippen LogP contribution in [0.1, 0.15) is 37.5 Å². The summed E-state index contributed by atoms with van der Waals surface area (Å²) in [6.45, 7) is 14.5. The summed E-state index contributed by atoms with van der Waals surface area (Å²) in [7, 11) is 2.19. The third-order valence-electron chi connectivity index (χ3n) is 6.36. The van der Waals surface area contributed by atoms with Gasteiger partial charge in [-0.15, -0.1) is 0 Å². The van der Waals surface area contributed by atoms with E-state index in [9.17, 15) is 5.11 Å². The minimum absolute atomic E-state index is 0.254. The zero-order valence-electron chi connectivity index (χ0n) is 21.2. The molecule has 3 aromatic rings. The maximum atomic E-state index is 9.50. The lowest BCUT2D eigenvalue weighted by Crippen LogP contribution is -2.45. The molecule has 2 N–H and O–H groups in total. The van der Waals surface area contributed by atoms with E-state index in [2.05, 4.69) is 70.7 Å². The molecule has 1 saturated heterocycles. The Kier molecular flexibility index (Phi) is 6.99. The van der Waals surface area contributed by atoms with Gasteiger partial charge >= 0.3 is 0 Å². The van der Waals surface area contributed by atoms with Gasteiger partial charge in [0.05, 0.1) is 18.3 Å². The number of aromatic nitrogens is 2. The van der Waals surface area contributed by atoms with Crippen molar-refractivity contribution in [3.05, 3.63) is 47.3 Å². The summed E-state index contributed by atoms with van der Waals surface area (Å²) in [5, 5.41) is 10.5. The van der Waals surface area contributed by atoms with Crippen molar-refractivity contribution in [2.24, 2.45) is 0 Å². The van der Waals surface area contributed by atoms with Crippen molar-refractivity contribution < 1.29 is 9.84 Å².